The van der Waals surface area contributed by atoms with Gasteiger partial charge in [-0.15, -0.1) is 11.3 Å². The Balaban J connectivity index is 1.45. The largest absolute Gasteiger partial charge is 0.489 e. The fraction of sp³-hybridized carbons (Fsp3) is 0.400. The number of nitrogens with one attached hydrogen (secondary N) is 1. The maximum Gasteiger partial charge on any atom is 0.187 e. The van der Waals surface area contributed by atoms with Crippen LogP contribution in [-0.4, -0.2) is 48.2 Å². The fourth-order valence-corrected chi connectivity index (χ4v) is 5.02. The van der Waals surface area contributed by atoms with Crippen LogP contribution in [0.15, 0.2) is 52.7 Å². The number of aromatic nitrogens is 1. The van der Waals surface area contributed by atoms with Crippen LogP contribution in [0, 0.1) is 0 Å². The molecule has 33 heavy (non-hydrogen) atoms. The van der Waals surface area contributed by atoms with Gasteiger partial charge in [-0.05, 0) is 70.0 Å². The molecule has 8 heteroatoms. The monoisotopic (exact) mass is 483 g/mol. The minimum Gasteiger partial charge on any atom is -0.489 e. The molecule has 1 fully saturated rings. The maximum absolute atomic E-state index is 5.96. The molecule has 1 saturated heterocycles. The zero-order valence-electron chi connectivity index (χ0n) is 19.7. The van der Waals surface area contributed by atoms with Gasteiger partial charge in [0, 0.05) is 53.7 Å². The van der Waals surface area contributed by atoms with E-state index in [0.717, 1.165) is 58.9 Å². The van der Waals surface area contributed by atoms with E-state index in [1.807, 2.05) is 32.0 Å². The minimum atomic E-state index is 0.0839. The fourth-order valence-electron chi connectivity index (χ4n) is 3.96. The second-order valence-electron chi connectivity index (χ2n) is 8.77. The standard InChI is InChI=1S/C25H33N5OS2/c1-17(2)29-11-13-30(14-12-29)20-7-5-19(6-8-20)23-16-32-25(28-23)27-22-15-21(33-26)9-10-24(22)31-18(3)4/h5-10,15-18H,11-14,26H2,1-4H3,(H,27,28). The summed E-state index contributed by atoms with van der Waals surface area (Å²) in [5.74, 6) is 0.793. The highest BCUT2D eigenvalue weighted by Crippen LogP contribution is 2.34. The van der Waals surface area contributed by atoms with Crippen molar-refractivity contribution in [1.82, 2.24) is 9.88 Å². The van der Waals surface area contributed by atoms with Crippen molar-refractivity contribution in [2.24, 2.45) is 5.14 Å². The van der Waals surface area contributed by atoms with Crippen molar-refractivity contribution in [2.45, 2.75) is 44.7 Å². The number of benzene rings is 2. The maximum atomic E-state index is 5.96. The number of thiazole rings is 1. The lowest BCUT2D eigenvalue weighted by Gasteiger charge is -2.38. The molecular formula is C25H33N5OS2. The summed E-state index contributed by atoms with van der Waals surface area (Å²) in [6, 6.07) is 15.3. The first-order valence-electron chi connectivity index (χ1n) is 11.4. The number of rotatable bonds is 8. The Kier molecular flexibility index (Phi) is 7.80. The van der Waals surface area contributed by atoms with Gasteiger partial charge in [-0.3, -0.25) is 10.0 Å². The van der Waals surface area contributed by atoms with Crippen LogP contribution in [0.1, 0.15) is 27.7 Å². The van der Waals surface area contributed by atoms with Crippen molar-refractivity contribution >= 4 is 39.8 Å². The zero-order valence-corrected chi connectivity index (χ0v) is 21.4. The molecule has 1 aliphatic heterocycles. The van der Waals surface area contributed by atoms with Gasteiger partial charge in [0.05, 0.1) is 17.5 Å². The van der Waals surface area contributed by atoms with E-state index in [0.29, 0.717) is 6.04 Å². The van der Waals surface area contributed by atoms with Gasteiger partial charge in [-0.1, -0.05) is 12.1 Å². The Morgan fingerprint density at radius 3 is 2.39 bits per heavy atom. The van der Waals surface area contributed by atoms with Crippen LogP contribution in [0.4, 0.5) is 16.5 Å². The van der Waals surface area contributed by atoms with Gasteiger partial charge in [-0.2, -0.15) is 0 Å². The third-order valence-corrected chi connectivity index (χ3v) is 7.05. The van der Waals surface area contributed by atoms with Gasteiger partial charge in [0.2, 0.25) is 0 Å². The average Bonchev–Trinajstić information content (AvgIpc) is 3.28. The molecular weight excluding hydrogens is 450 g/mol. The number of hydrogen-bond acceptors (Lipinski definition) is 8. The smallest absolute Gasteiger partial charge is 0.187 e. The van der Waals surface area contributed by atoms with E-state index < -0.39 is 0 Å². The van der Waals surface area contributed by atoms with Crippen LogP contribution in [0.3, 0.4) is 0 Å². The summed E-state index contributed by atoms with van der Waals surface area (Å²) in [5, 5.41) is 12.1. The van der Waals surface area contributed by atoms with Crippen molar-refractivity contribution in [1.29, 1.82) is 0 Å². The van der Waals surface area contributed by atoms with E-state index in [-0.39, 0.29) is 6.10 Å². The van der Waals surface area contributed by atoms with Crippen LogP contribution in [-0.2, 0) is 0 Å². The lowest BCUT2D eigenvalue weighted by atomic mass is 10.1. The zero-order chi connectivity index (χ0) is 23.4. The molecule has 2 heterocycles. The van der Waals surface area contributed by atoms with Gasteiger partial charge < -0.3 is 15.0 Å². The van der Waals surface area contributed by atoms with E-state index in [2.05, 4.69) is 58.6 Å². The normalized spacial score (nSPS) is 14.8. The third kappa shape index (κ3) is 6.00. The van der Waals surface area contributed by atoms with E-state index >= 15 is 0 Å². The highest BCUT2D eigenvalue weighted by Gasteiger charge is 2.19. The molecule has 176 valence electrons. The molecule has 0 bridgehead atoms. The highest BCUT2D eigenvalue weighted by molar-refractivity contribution is 7.97. The summed E-state index contributed by atoms with van der Waals surface area (Å²) in [6.07, 6.45) is 0.0839. The lowest BCUT2D eigenvalue weighted by molar-refractivity contribution is 0.209. The molecule has 1 aliphatic rings. The van der Waals surface area contributed by atoms with Crippen molar-refractivity contribution in [3.8, 4) is 17.0 Å². The number of piperazine rings is 1. The molecule has 0 radical (unpaired) electrons. The third-order valence-electron chi connectivity index (χ3n) is 5.77. The average molecular weight is 484 g/mol. The lowest BCUT2D eigenvalue weighted by Crippen LogP contribution is -2.48. The molecule has 1 aromatic heterocycles. The van der Waals surface area contributed by atoms with E-state index in [1.165, 1.54) is 17.6 Å². The number of anilines is 3. The van der Waals surface area contributed by atoms with Crippen LogP contribution in [0.2, 0.25) is 0 Å². The van der Waals surface area contributed by atoms with Crippen LogP contribution < -0.4 is 20.1 Å². The van der Waals surface area contributed by atoms with Crippen molar-refractivity contribution in [2.75, 3.05) is 36.4 Å². The molecule has 0 saturated carbocycles. The minimum absolute atomic E-state index is 0.0839. The molecule has 0 aliphatic carbocycles. The molecule has 0 spiro atoms. The Bertz CT molecular complexity index is 1040. The SMILES string of the molecule is CC(C)Oc1ccc(SN)cc1Nc1nc(-c2ccc(N3CCN(C(C)C)CC3)cc2)cs1. The van der Waals surface area contributed by atoms with Crippen molar-refractivity contribution in [3.05, 3.63) is 47.8 Å². The van der Waals surface area contributed by atoms with Gasteiger partial charge >= 0.3 is 0 Å². The van der Waals surface area contributed by atoms with E-state index in [4.69, 9.17) is 14.9 Å². The number of nitrogens with two attached hydrogens (primary N) is 1. The number of nitrogens with zero attached hydrogens (tertiary/aromatic N) is 3. The first-order chi connectivity index (χ1) is 15.9. The van der Waals surface area contributed by atoms with E-state index in [1.54, 1.807) is 11.3 Å². The summed E-state index contributed by atoms with van der Waals surface area (Å²) in [5.41, 5.74) is 4.24. The van der Waals surface area contributed by atoms with Crippen molar-refractivity contribution < 1.29 is 4.74 Å². The molecule has 0 amide bonds. The highest BCUT2D eigenvalue weighted by atomic mass is 32.2. The predicted octanol–water partition coefficient (Wildman–Crippen LogP) is 5.84. The molecule has 6 nitrogen and oxygen atoms in total. The second kappa shape index (κ2) is 10.8. The predicted molar refractivity (Wildman–Crippen MR) is 142 cm³/mol. The van der Waals surface area contributed by atoms with Crippen LogP contribution in [0.25, 0.3) is 11.3 Å². The second-order valence-corrected chi connectivity index (χ2v) is 10.3. The number of hydrogen-bond donors (Lipinski definition) is 2. The molecule has 4 rings (SSSR count). The Hall–Kier alpha value is -2.26. The van der Waals surface area contributed by atoms with Gasteiger partial charge in [0.1, 0.15) is 5.75 Å². The Morgan fingerprint density at radius 1 is 1.03 bits per heavy atom. The molecule has 2 aromatic carbocycles. The molecule has 0 unspecified atom stereocenters. The summed E-state index contributed by atoms with van der Waals surface area (Å²) in [6.45, 7) is 13.0. The van der Waals surface area contributed by atoms with Crippen LogP contribution >= 0.6 is 23.3 Å². The van der Waals surface area contributed by atoms with Crippen LogP contribution in [0.5, 0.6) is 5.75 Å². The summed E-state index contributed by atoms with van der Waals surface area (Å²) in [4.78, 5) is 10.8. The number of ether oxygens (including phenoxy) is 1. The van der Waals surface area contributed by atoms with Gasteiger partial charge in [0.15, 0.2) is 5.13 Å². The Labute approximate surface area is 205 Å². The molecule has 0 atom stereocenters. The summed E-state index contributed by atoms with van der Waals surface area (Å²) in [7, 11) is 0. The summed E-state index contributed by atoms with van der Waals surface area (Å²) < 4.78 is 5.96. The molecule has 3 N–H and O–H groups in total. The Morgan fingerprint density at radius 2 is 1.76 bits per heavy atom. The van der Waals surface area contributed by atoms with Gasteiger partial charge in [-0.25, -0.2) is 4.98 Å². The topological polar surface area (TPSA) is 66.7 Å². The van der Waals surface area contributed by atoms with Crippen molar-refractivity contribution in [3.63, 3.8) is 0 Å². The van der Waals surface area contributed by atoms with Gasteiger partial charge in [0.25, 0.3) is 0 Å². The quantitative estimate of drug-likeness (QED) is 0.390. The first kappa shape index (κ1) is 23.9. The summed E-state index contributed by atoms with van der Waals surface area (Å²) >= 11 is 2.80. The first-order valence-corrected chi connectivity index (χ1v) is 13.2. The van der Waals surface area contributed by atoms with E-state index in [9.17, 15) is 0 Å². The molecule has 3 aromatic rings.